The number of aliphatic hydroxyl groups is 1. The van der Waals surface area contributed by atoms with E-state index in [1.165, 1.54) is 6.08 Å². The minimum atomic E-state index is -0.451. The number of β-amino-alcohol motifs (C(OH)–C–C–N with tert-alkyl or cyclic N) is 1. The number of nitrogens with zero attached hydrogens (tertiary/aromatic N) is 4. The SMILES string of the molecule is Cn1nnc2cc(NC3=CC(=O)N(CCO)C3=O)ccc21. The van der Waals surface area contributed by atoms with Crippen molar-refractivity contribution in [1.82, 2.24) is 19.9 Å². The standard InChI is InChI=1S/C13H13N5O3/c1-17-11-3-2-8(6-9(11)15-16-17)14-10-7-12(20)18(4-5-19)13(10)21/h2-3,6-7,14,19H,4-5H2,1H3. The van der Waals surface area contributed by atoms with E-state index < -0.39 is 11.8 Å². The zero-order valence-electron chi connectivity index (χ0n) is 11.3. The highest BCUT2D eigenvalue weighted by Crippen LogP contribution is 2.20. The predicted molar refractivity (Wildman–Crippen MR) is 74.0 cm³/mol. The smallest absolute Gasteiger partial charge is 0.277 e. The molecule has 8 heteroatoms. The number of imide groups is 1. The molecular weight excluding hydrogens is 274 g/mol. The summed E-state index contributed by atoms with van der Waals surface area (Å²) in [5.41, 5.74) is 2.37. The van der Waals surface area contributed by atoms with Gasteiger partial charge in [0.15, 0.2) is 0 Å². The molecule has 0 aliphatic carbocycles. The third kappa shape index (κ3) is 2.25. The highest BCUT2D eigenvalue weighted by molar-refractivity contribution is 6.17. The molecule has 21 heavy (non-hydrogen) atoms. The average molecular weight is 287 g/mol. The van der Waals surface area contributed by atoms with Gasteiger partial charge in [0.25, 0.3) is 11.8 Å². The largest absolute Gasteiger partial charge is 0.395 e. The van der Waals surface area contributed by atoms with Crippen LogP contribution in [0.1, 0.15) is 0 Å². The summed E-state index contributed by atoms with van der Waals surface area (Å²) in [5.74, 6) is -0.884. The van der Waals surface area contributed by atoms with Gasteiger partial charge < -0.3 is 10.4 Å². The fourth-order valence-corrected chi connectivity index (χ4v) is 2.18. The van der Waals surface area contributed by atoms with Crippen LogP contribution in [0.3, 0.4) is 0 Å². The molecule has 0 saturated heterocycles. The fraction of sp³-hybridized carbons (Fsp3) is 0.231. The van der Waals surface area contributed by atoms with Crippen molar-refractivity contribution in [3.63, 3.8) is 0 Å². The summed E-state index contributed by atoms with van der Waals surface area (Å²) in [7, 11) is 1.79. The minimum absolute atomic E-state index is 0.0114. The maximum absolute atomic E-state index is 12.0. The zero-order chi connectivity index (χ0) is 15.0. The quantitative estimate of drug-likeness (QED) is 0.744. The number of anilines is 1. The fourth-order valence-electron chi connectivity index (χ4n) is 2.18. The lowest BCUT2D eigenvalue weighted by Crippen LogP contribution is -2.34. The van der Waals surface area contributed by atoms with Crippen LogP contribution in [0.2, 0.25) is 0 Å². The monoisotopic (exact) mass is 287 g/mol. The number of carbonyl (C=O) groups is 2. The molecule has 0 saturated carbocycles. The molecule has 0 spiro atoms. The van der Waals surface area contributed by atoms with Gasteiger partial charge in [-0.2, -0.15) is 0 Å². The van der Waals surface area contributed by atoms with Gasteiger partial charge in [-0.25, -0.2) is 4.68 Å². The molecule has 3 rings (SSSR count). The molecule has 1 aliphatic rings. The summed E-state index contributed by atoms with van der Waals surface area (Å²) in [6, 6.07) is 5.35. The number of benzene rings is 1. The molecule has 1 aliphatic heterocycles. The second kappa shape index (κ2) is 4.98. The summed E-state index contributed by atoms with van der Waals surface area (Å²) in [6.07, 6.45) is 1.22. The normalized spacial score (nSPS) is 15.0. The van der Waals surface area contributed by atoms with Crippen LogP contribution in [0.25, 0.3) is 11.0 Å². The first kappa shape index (κ1) is 13.3. The van der Waals surface area contributed by atoms with Crippen molar-refractivity contribution in [1.29, 1.82) is 0 Å². The van der Waals surface area contributed by atoms with E-state index in [4.69, 9.17) is 5.11 Å². The van der Waals surface area contributed by atoms with Crippen molar-refractivity contribution in [3.05, 3.63) is 30.0 Å². The Balaban J connectivity index is 1.84. The number of aryl methyl sites for hydroxylation is 1. The molecule has 0 unspecified atom stereocenters. The molecule has 2 N–H and O–H groups in total. The van der Waals surface area contributed by atoms with Gasteiger partial charge in [-0.15, -0.1) is 5.10 Å². The topological polar surface area (TPSA) is 100 Å². The average Bonchev–Trinajstić information content (AvgIpc) is 2.95. The highest BCUT2D eigenvalue weighted by Gasteiger charge is 2.30. The Labute approximate surface area is 119 Å². The molecular formula is C13H13N5O3. The number of nitrogens with one attached hydrogen (secondary N) is 1. The predicted octanol–water partition coefficient (Wildman–Crippen LogP) is -0.375. The number of amides is 2. The van der Waals surface area contributed by atoms with E-state index in [1.54, 1.807) is 23.9 Å². The summed E-state index contributed by atoms with van der Waals surface area (Å²) >= 11 is 0. The Morgan fingerprint density at radius 3 is 2.90 bits per heavy atom. The van der Waals surface area contributed by atoms with E-state index in [9.17, 15) is 9.59 Å². The number of rotatable bonds is 4. The molecule has 2 aromatic rings. The van der Waals surface area contributed by atoms with Gasteiger partial charge in [0.2, 0.25) is 0 Å². The lowest BCUT2D eigenvalue weighted by atomic mass is 10.2. The highest BCUT2D eigenvalue weighted by atomic mass is 16.3. The lowest BCUT2D eigenvalue weighted by molar-refractivity contribution is -0.137. The van der Waals surface area contributed by atoms with Crippen molar-refractivity contribution in [2.24, 2.45) is 7.05 Å². The van der Waals surface area contributed by atoms with Gasteiger partial charge in [0, 0.05) is 18.8 Å². The third-order valence-corrected chi connectivity index (χ3v) is 3.22. The third-order valence-electron chi connectivity index (χ3n) is 3.22. The maximum atomic E-state index is 12.0. The van der Waals surface area contributed by atoms with Crippen LogP contribution in [-0.2, 0) is 16.6 Å². The van der Waals surface area contributed by atoms with Crippen LogP contribution < -0.4 is 5.32 Å². The molecule has 1 aromatic carbocycles. The van der Waals surface area contributed by atoms with E-state index in [-0.39, 0.29) is 18.8 Å². The summed E-state index contributed by atoms with van der Waals surface area (Å²) in [6.45, 7) is -0.271. The molecule has 108 valence electrons. The number of aromatic nitrogens is 3. The number of hydrogen-bond donors (Lipinski definition) is 2. The number of carbonyl (C=O) groups excluding carboxylic acids is 2. The van der Waals surface area contributed by atoms with Gasteiger partial charge in [-0.05, 0) is 18.2 Å². The molecule has 8 nitrogen and oxygen atoms in total. The molecule has 0 atom stereocenters. The minimum Gasteiger partial charge on any atom is -0.395 e. The Bertz CT molecular complexity index is 764. The van der Waals surface area contributed by atoms with E-state index in [1.807, 2.05) is 6.07 Å². The van der Waals surface area contributed by atoms with Crippen LogP contribution >= 0.6 is 0 Å². The van der Waals surface area contributed by atoms with Gasteiger partial charge in [-0.3, -0.25) is 14.5 Å². The molecule has 0 radical (unpaired) electrons. The Hall–Kier alpha value is -2.74. The van der Waals surface area contributed by atoms with E-state index in [2.05, 4.69) is 15.6 Å². The van der Waals surface area contributed by atoms with Gasteiger partial charge in [0.1, 0.15) is 11.2 Å². The Morgan fingerprint density at radius 2 is 2.14 bits per heavy atom. The van der Waals surface area contributed by atoms with Crippen molar-refractivity contribution in [3.8, 4) is 0 Å². The first-order valence-corrected chi connectivity index (χ1v) is 6.35. The molecule has 1 aromatic heterocycles. The van der Waals surface area contributed by atoms with Crippen LogP contribution in [0, 0.1) is 0 Å². The first-order valence-electron chi connectivity index (χ1n) is 6.35. The van der Waals surface area contributed by atoms with E-state index >= 15 is 0 Å². The second-order valence-electron chi connectivity index (χ2n) is 4.62. The summed E-state index contributed by atoms with van der Waals surface area (Å²) < 4.78 is 1.64. The number of aliphatic hydroxyl groups excluding tert-OH is 1. The number of fused-ring (bicyclic) bond motifs is 1. The molecule has 2 heterocycles. The van der Waals surface area contributed by atoms with E-state index in [0.717, 1.165) is 10.4 Å². The second-order valence-corrected chi connectivity index (χ2v) is 4.62. The maximum Gasteiger partial charge on any atom is 0.277 e. The van der Waals surface area contributed by atoms with Gasteiger partial charge in [-0.1, -0.05) is 5.21 Å². The number of hydrogen-bond acceptors (Lipinski definition) is 6. The van der Waals surface area contributed by atoms with E-state index in [0.29, 0.717) is 11.2 Å². The Kier molecular flexibility index (Phi) is 3.15. The van der Waals surface area contributed by atoms with Crippen LogP contribution in [0.4, 0.5) is 5.69 Å². The summed E-state index contributed by atoms with van der Waals surface area (Å²) in [4.78, 5) is 24.6. The van der Waals surface area contributed by atoms with Crippen molar-refractivity contribution in [2.75, 3.05) is 18.5 Å². The lowest BCUT2D eigenvalue weighted by Gasteiger charge is -2.13. The van der Waals surface area contributed by atoms with Crippen molar-refractivity contribution >= 4 is 28.5 Å². The van der Waals surface area contributed by atoms with Crippen molar-refractivity contribution < 1.29 is 14.7 Å². The van der Waals surface area contributed by atoms with Gasteiger partial charge in [0.05, 0.1) is 18.7 Å². The molecule has 2 amide bonds. The van der Waals surface area contributed by atoms with Gasteiger partial charge >= 0.3 is 0 Å². The zero-order valence-corrected chi connectivity index (χ0v) is 11.3. The van der Waals surface area contributed by atoms with Crippen LogP contribution in [0.5, 0.6) is 0 Å². The molecule has 0 bridgehead atoms. The first-order chi connectivity index (χ1) is 10.1. The van der Waals surface area contributed by atoms with Crippen LogP contribution in [0.15, 0.2) is 30.0 Å². The summed E-state index contributed by atoms with van der Waals surface area (Å²) in [5, 5.41) is 19.6. The van der Waals surface area contributed by atoms with Crippen LogP contribution in [-0.4, -0.2) is 50.0 Å². The van der Waals surface area contributed by atoms with Crippen molar-refractivity contribution in [2.45, 2.75) is 0 Å². The molecule has 0 fully saturated rings. The Morgan fingerprint density at radius 1 is 1.33 bits per heavy atom.